The Morgan fingerprint density at radius 2 is 1.72 bits per heavy atom. The van der Waals surface area contributed by atoms with Crippen molar-refractivity contribution in [2.24, 2.45) is 0 Å². The molecule has 0 unspecified atom stereocenters. The molecule has 0 bridgehead atoms. The second kappa shape index (κ2) is 4.79. The van der Waals surface area contributed by atoms with Gasteiger partial charge in [-0.25, -0.2) is 4.79 Å². The summed E-state index contributed by atoms with van der Waals surface area (Å²) >= 11 is 0. The predicted octanol–water partition coefficient (Wildman–Crippen LogP) is 4.03. The lowest BCUT2D eigenvalue weighted by Crippen LogP contribution is -2.13. The van der Waals surface area contributed by atoms with Gasteiger partial charge in [-0.2, -0.15) is 0 Å². The van der Waals surface area contributed by atoms with Crippen molar-refractivity contribution in [1.29, 1.82) is 0 Å². The van der Waals surface area contributed by atoms with Crippen LogP contribution in [0.4, 0.5) is 0 Å². The molecule has 0 aromatic carbocycles. The number of carboxylic acids is 1. The Hall–Kier alpha value is -1.25. The van der Waals surface area contributed by atoms with Gasteiger partial charge in [0.1, 0.15) is 0 Å². The van der Waals surface area contributed by atoms with Gasteiger partial charge in [-0.3, -0.25) is 0 Å². The molecule has 2 aliphatic rings. The molecule has 1 aromatic heterocycles. The van der Waals surface area contributed by atoms with Gasteiger partial charge < -0.3 is 10.1 Å². The second-order valence-electron chi connectivity index (χ2n) is 5.82. The highest BCUT2D eigenvalue weighted by Gasteiger charge is 2.28. The molecule has 0 amide bonds. The Kier molecular flexibility index (Phi) is 3.14. The van der Waals surface area contributed by atoms with Crippen LogP contribution in [0.5, 0.6) is 0 Å². The molecule has 2 N–H and O–H groups in total. The van der Waals surface area contributed by atoms with Gasteiger partial charge in [-0.05, 0) is 43.6 Å². The molecule has 0 saturated heterocycles. The maximum Gasteiger partial charge on any atom is 0.337 e. The van der Waals surface area contributed by atoms with Gasteiger partial charge in [-0.15, -0.1) is 0 Å². The molecule has 1 aromatic rings. The number of aromatic nitrogens is 1. The molecule has 2 fully saturated rings. The fourth-order valence-corrected chi connectivity index (χ4v) is 3.32. The SMILES string of the molecule is O=C(O)c1cc(C2CCCCC2)[nH]c1C1CCC1. The van der Waals surface area contributed by atoms with Crippen LogP contribution >= 0.6 is 0 Å². The summed E-state index contributed by atoms with van der Waals surface area (Å²) in [4.78, 5) is 14.8. The monoisotopic (exact) mass is 247 g/mol. The third-order valence-corrected chi connectivity index (χ3v) is 4.66. The van der Waals surface area contributed by atoms with Crippen molar-refractivity contribution in [3.05, 3.63) is 23.0 Å². The first-order valence-corrected chi connectivity index (χ1v) is 7.22. The largest absolute Gasteiger partial charge is 0.478 e. The minimum absolute atomic E-state index is 0.466. The van der Waals surface area contributed by atoms with Crippen LogP contribution < -0.4 is 0 Å². The molecule has 2 saturated carbocycles. The third kappa shape index (κ3) is 2.06. The summed E-state index contributed by atoms with van der Waals surface area (Å²) in [6.45, 7) is 0. The maximum atomic E-state index is 11.3. The quantitative estimate of drug-likeness (QED) is 0.847. The lowest BCUT2D eigenvalue weighted by Gasteiger charge is -2.25. The van der Waals surface area contributed by atoms with Gasteiger partial charge >= 0.3 is 5.97 Å². The molecule has 18 heavy (non-hydrogen) atoms. The van der Waals surface area contributed by atoms with Crippen LogP contribution in [0.3, 0.4) is 0 Å². The molecule has 1 heterocycles. The number of hydrogen-bond donors (Lipinski definition) is 2. The van der Waals surface area contributed by atoms with Crippen LogP contribution in [0.1, 0.15) is 84.9 Å². The minimum atomic E-state index is -0.768. The van der Waals surface area contributed by atoms with Gasteiger partial charge in [-0.1, -0.05) is 25.7 Å². The van der Waals surface area contributed by atoms with Crippen LogP contribution in [0.15, 0.2) is 6.07 Å². The maximum absolute atomic E-state index is 11.3. The Labute approximate surface area is 108 Å². The fourth-order valence-electron chi connectivity index (χ4n) is 3.32. The summed E-state index contributed by atoms with van der Waals surface area (Å²) in [6, 6.07) is 1.91. The van der Waals surface area contributed by atoms with Gasteiger partial charge in [0.05, 0.1) is 5.56 Å². The molecular formula is C15H21NO2. The zero-order chi connectivity index (χ0) is 12.5. The van der Waals surface area contributed by atoms with Gasteiger partial charge in [0.25, 0.3) is 0 Å². The fraction of sp³-hybridized carbons (Fsp3) is 0.667. The summed E-state index contributed by atoms with van der Waals surface area (Å²) in [7, 11) is 0. The van der Waals surface area contributed by atoms with Crippen LogP contribution in [0.25, 0.3) is 0 Å². The van der Waals surface area contributed by atoms with E-state index in [-0.39, 0.29) is 0 Å². The van der Waals surface area contributed by atoms with E-state index in [1.165, 1.54) is 44.2 Å². The number of H-pyrrole nitrogens is 1. The highest BCUT2D eigenvalue weighted by Crippen LogP contribution is 2.40. The van der Waals surface area contributed by atoms with Crippen molar-refractivity contribution in [3.63, 3.8) is 0 Å². The molecule has 3 heteroatoms. The van der Waals surface area contributed by atoms with Crippen molar-refractivity contribution in [2.75, 3.05) is 0 Å². The van der Waals surface area contributed by atoms with Gasteiger partial charge in [0.15, 0.2) is 0 Å². The zero-order valence-corrected chi connectivity index (χ0v) is 10.7. The summed E-state index contributed by atoms with van der Waals surface area (Å²) in [5.74, 6) is 0.259. The molecule has 98 valence electrons. The number of aromatic amines is 1. The highest BCUT2D eigenvalue weighted by molar-refractivity contribution is 5.89. The number of nitrogens with one attached hydrogen (secondary N) is 1. The number of aromatic carboxylic acids is 1. The van der Waals surface area contributed by atoms with E-state index in [1.807, 2.05) is 6.07 Å². The van der Waals surface area contributed by atoms with Crippen LogP contribution in [0, 0.1) is 0 Å². The average molecular weight is 247 g/mol. The standard InChI is InChI=1S/C15H21NO2/c17-15(18)12-9-13(10-5-2-1-3-6-10)16-14(12)11-7-4-8-11/h9-11,16H,1-8H2,(H,17,18). The van der Waals surface area contributed by atoms with E-state index in [0.29, 0.717) is 17.4 Å². The Morgan fingerprint density at radius 1 is 1.06 bits per heavy atom. The first kappa shape index (κ1) is 11.8. The Bertz CT molecular complexity index is 439. The van der Waals surface area contributed by atoms with E-state index in [4.69, 9.17) is 0 Å². The molecular weight excluding hydrogens is 226 g/mol. The van der Waals surface area contributed by atoms with Gasteiger partial charge in [0, 0.05) is 11.4 Å². The van der Waals surface area contributed by atoms with E-state index >= 15 is 0 Å². The minimum Gasteiger partial charge on any atom is -0.478 e. The summed E-state index contributed by atoms with van der Waals surface area (Å²) in [5.41, 5.74) is 2.70. The number of hydrogen-bond acceptors (Lipinski definition) is 1. The molecule has 0 aliphatic heterocycles. The van der Waals surface area contributed by atoms with E-state index < -0.39 is 5.97 Å². The van der Waals surface area contributed by atoms with Crippen molar-refractivity contribution in [3.8, 4) is 0 Å². The van der Waals surface area contributed by atoms with E-state index in [2.05, 4.69) is 4.98 Å². The second-order valence-corrected chi connectivity index (χ2v) is 5.82. The zero-order valence-electron chi connectivity index (χ0n) is 10.7. The Balaban J connectivity index is 1.88. The summed E-state index contributed by atoms with van der Waals surface area (Å²) < 4.78 is 0. The van der Waals surface area contributed by atoms with Crippen LogP contribution in [-0.4, -0.2) is 16.1 Å². The first-order chi connectivity index (χ1) is 8.75. The number of carboxylic acid groups (broad SMARTS) is 1. The first-order valence-electron chi connectivity index (χ1n) is 7.22. The molecule has 0 radical (unpaired) electrons. The number of rotatable bonds is 3. The normalized spacial score (nSPS) is 21.8. The van der Waals surface area contributed by atoms with Crippen molar-refractivity contribution in [2.45, 2.75) is 63.2 Å². The lowest BCUT2D eigenvalue weighted by molar-refractivity contribution is 0.0694. The molecule has 3 rings (SSSR count). The molecule has 2 aliphatic carbocycles. The van der Waals surface area contributed by atoms with Crippen molar-refractivity contribution in [1.82, 2.24) is 4.98 Å². The third-order valence-electron chi connectivity index (χ3n) is 4.66. The number of carbonyl (C=O) groups is 1. The lowest BCUT2D eigenvalue weighted by atomic mass is 9.82. The molecule has 0 spiro atoms. The topological polar surface area (TPSA) is 53.1 Å². The Morgan fingerprint density at radius 3 is 2.28 bits per heavy atom. The molecule has 3 nitrogen and oxygen atoms in total. The van der Waals surface area contributed by atoms with Crippen LogP contribution in [-0.2, 0) is 0 Å². The summed E-state index contributed by atoms with van der Waals surface area (Å²) in [5, 5.41) is 9.33. The highest BCUT2D eigenvalue weighted by atomic mass is 16.4. The smallest absolute Gasteiger partial charge is 0.337 e. The van der Waals surface area contributed by atoms with E-state index in [9.17, 15) is 9.90 Å². The van der Waals surface area contributed by atoms with Crippen molar-refractivity contribution < 1.29 is 9.90 Å². The van der Waals surface area contributed by atoms with Gasteiger partial charge in [0.2, 0.25) is 0 Å². The predicted molar refractivity (Wildman–Crippen MR) is 70.2 cm³/mol. The van der Waals surface area contributed by atoms with Crippen molar-refractivity contribution >= 4 is 5.97 Å². The van der Waals surface area contributed by atoms with Crippen LogP contribution in [0.2, 0.25) is 0 Å². The molecule has 0 atom stereocenters. The average Bonchev–Trinajstić information content (AvgIpc) is 2.73. The summed E-state index contributed by atoms with van der Waals surface area (Å²) in [6.07, 6.45) is 9.85. The van der Waals surface area contributed by atoms with E-state index in [0.717, 1.165) is 18.5 Å². The van der Waals surface area contributed by atoms with E-state index in [1.54, 1.807) is 0 Å².